The van der Waals surface area contributed by atoms with Gasteiger partial charge in [0.1, 0.15) is 5.54 Å². The Bertz CT molecular complexity index is 574. The van der Waals surface area contributed by atoms with E-state index in [9.17, 15) is 9.59 Å². The van der Waals surface area contributed by atoms with E-state index in [0.717, 1.165) is 19.6 Å². The van der Waals surface area contributed by atoms with Crippen molar-refractivity contribution in [3.63, 3.8) is 0 Å². The fourth-order valence-corrected chi connectivity index (χ4v) is 3.63. The highest BCUT2D eigenvalue weighted by molar-refractivity contribution is 5.92. The lowest BCUT2D eigenvalue weighted by Crippen LogP contribution is -2.68. The summed E-state index contributed by atoms with van der Waals surface area (Å²) in [5.74, 6) is 0.00513. The molecular weight excluding hydrogens is 282 g/mol. The first kappa shape index (κ1) is 15.0. The van der Waals surface area contributed by atoms with E-state index in [1.165, 1.54) is 5.56 Å². The predicted molar refractivity (Wildman–Crippen MR) is 80.8 cm³/mol. The van der Waals surface area contributed by atoms with Crippen molar-refractivity contribution in [1.82, 2.24) is 24.9 Å². The van der Waals surface area contributed by atoms with Gasteiger partial charge < -0.3 is 10.2 Å². The molecule has 2 amide bonds. The van der Waals surface area contributed by atoms with E-state index in [-0.39, 0.29) is 11.8 Å². The zero-order chi connectivity index (χ0) is 15.7. The molecule has 2 fully saturated rings. The van der Waals surface area contributed by atoms with Crippen molar-refractivity contribution in [3.8, 4) is 0 Å². The van der Waals surface area contributed by atoms with Crippen LogP contribution < -0.4 is 5.32 Å². The Hall–Kier alpha value is -1.89. The van der Waals surface area contributed by atoms with Crippen LogP contribution in [0.15, 0.2) is 12.4 Å². The lowest BCUT2D eigenvalue weighted by Gasteiger charge is -2.49. The van der Waals surface area contributed by atoms with Crippen LogP contribution in [0.25, 0.3) is 0 Å². The molecule has 2 saturated heterocycles. The summed E-state index contributed by atoms with van der Waals surface area (Å²) in [7, 11) is 1.91. The molecule has 2 aliphatic heterocycles. The quantitative estimate of drug-likeness (QED) is 0.817. The average Bonchev–Trinajstić information content (AvgIpc) is 2.89. The van der Waals surface area contributed by atoms with Crippen molar-refractivity contribution in [2.45, 2.75) is 31.8 Å². The number of likely N-dealkylation sites (tertiary alicyclic amines) is 1. The number of carbonyl (C=O) groups excluding carboxylic acids is 2. The third-order valence-corrected chi connectivity index (χ3v) is 4.79. The number of carbonyl (C=O) groups is 2. The van der Waals surface area contributed by atoms with Gasteiger partial charge in [-0.05, 0) is 12.8 Å². The second-order valence-corrected chi connectivity index (χ2v) is 6.26. The maximum Gasteiger partial charge on any atom is 0.246 e. The molecule has 0 atom stereocenters. The largest absolute Gasteiger partial charge is 0.352 e. The van der Waals surface area contributed by atoms with E-state index in [0.29, 0.717) is 25.9 Å². The van der Waals surface area contributed by atoms with Gasteiger partial charge in [-0.25, -0.2) is 0 Å². The van der Waals surface area contributed by atoms with Crippen LogP contribution in [-0.4, -0.2) is 63.1 Å². The Morgan fingerprint density at radius 3 is 2.68 bits per heavy atom. The normalized spacial score (nSPS) is 21.9. The number of hydrogen-bond donors (Lipinski definition) is 1. The second kappa shape index (κ2) is 5.72. The van der Waals surface area contributed by atoms with Crippen molar-refractivity contribution in [2.24, 2.45) is 7.05 Å². The molecule has 1 N–H and O–H groups in total. The summed E-state index contributed by atoms with van der Waals surface area (Å²) in [6.45, 7) is 5.19. The van der Waals surface area contributed by atoms with Crippen LogP contribution in [0.4, 0.5) is 0 Å². The van der Waals surface area contributed by atoms with Gasteiger partial charge >= 0.3 is 0 Å². The number of amides is 2. The van der Waals surface area contributed by atoms with Crippen LogP contribution in [0, 0.1) is 0 Å². The van der Waals surface area contributed by atoms with Gasteiger partial charge in [0.15, 0.2) is 0 Å². The zero-order valence-electron chi connectivity index (χ0n) is 13.2. The molecule has 0 radical (unpaired) electrons. The number of aromatic nitrogens is 2. The molecule has 0 saturated carbocycles. The molecule has 7 heteroatoms. The zero-order valence-corrected chi connectivity index (χ0v) is 13.2. The number of aryl methyl sites for hydroxylation is 1. The van der Waals surface area contributed by atoms with Gasteiger partial charge in [-0.15, -0.1) is 0 Å². The van der Waals surface area contributed by atoms with E-state index in [2.05, 4.69) is 15.3 Å². The fraction of sp³-hybridized carbons (Fsp3) is 0.667. The Morgan fingerprint density at radius 1 is 1.36 bits per heavy atom. The lowest BCUT2D eigenvalue weighted by molar-refractivity contribution is -0.154. The molecule has 2 aliphatic rings. The van der Waals surface area contributed by atoms with Crippen molar-refractivity contribution in [3.05, 3.63) is 18.0 Å². The third kappa shape index (κ3) is 2.61. The Morgan fingerprint density at radius 2 is 2.09 bits per heavy atom. The summed E-state index contributed by atoms with van der Waals surface area (Å²) < 4.78 is 1.80. The van der Waals surface area contributed by atoms with E-state index in [1.54, 1.807) is 16.5 Å². The molecule has 3 heterocycles. The number of rotatable bonds is 2. The van der Waals surface area contributed by atoms with Gasteiger partial charge in [-0.1, -0.05) is 0 Å². The summed E-state index contributed by atoms with van der Waals surface area (Å²) in [4.78, 5) is 28.4. The van der Waals surface area contributed by atoms with Crippen molar-refractivity contribution < 1.29 is 9.59 Å². The SMILES string of the molecule is CC(=O)N1CCNC(=O)C12CCN(Cc1cnn(C)c1)CC2. The van der Waals surface area contributed by atoms with Crippen molar-refractivity contribution >= 4 is 11.8 Å². The highest BCUT2D eigenvalue weighted by Crippen LogP contribution is 2.31. The highest BCUT2D eigenvalue weighted by atomic mass is 16.2. The summed E-state index contributed by atoms with van der Waals surface area (Å²) in [6, 6.07) is 0. The molecular formula is C15H23N5O2. The van der Waals surface area contributed by atoms with Gasteiger partial charge in [0.25, 0.3) is 0 Å². The maximum atomic E-state index is 12.4. The number of nitrogens with one attached hydrogen (secondary N) is 1. The summed E-state index contributed by atoms with van der Waals surface area (Å²) in [6.07, 6.45) is 5.27. The Kier molecular flexibility index (Phi) is 3.90. The molecule has 120 valence electrons. The van der Waals surface area contributed by atoms with Crippen LogP contribution in [0.2, 0.25) is 0 Å². The highest BCUT2D eigenvalue weighted by Gasteiger charge is 2.49. The monoisotopic (exact) mass is 305 g/mol. The van der Waals surface area contributed by atoms with E-state index in [4.69, 9.17) is 0 Å². The minimum absolute atomic E-state index is 0.00411. The van der Waals surface area contributed by atoms with E-state index in [1.807, 2.05) is 19.4 Å². The van der Waals surface area contributed by atoms with Crippen LogP contribution in [0.3, 0.4) is 0 Å². The number of piperazine rings is 1. The minimum Gasteiger partial charge on any atom is -0.352 e. The van der Waals surface area contributed by atoms with Crippen molar-refractivity contribution in [2.75, 3.05) is 26.2 Å². The molecule has 1 aromatic heterocycles. The first-order valence-corrected chi connectivity index (χ1v) is 7.78. The van der Waals surface area contributed by atoms with Gasteiger partial charge in [0.05, 0.1) is 6.20 Å². The molecule has 3 rings (SSSR count). The summed E-state index contributed by atoms with van der Waals surface area (Å²) >= 11 is 0. The smallest absolute Gasteiger partial charge is 0.246 e. The van der Waals surface area contributed by atoms with Crippen LogP contribution in [0.5, 0.6) is 0 Å². The second-order valence-electron chi connectivity index (χ2n) is 6.26. The maximum absolute atomic E-state index is 12.4. The first-order valence-electron chi connectivity index (χ1n) is 7.78. The molecule has 22 heavy (non-hydrogen) atoms. The van der Waals surface area contributed by atoms with Gasteiger partial charge in [-0.2, -0.15) is 5.10 Å². The van der Waals surface area contributed by atoms with Crippen LogP contribution in [-0.2, 0) is 23.2 Å². The topological polar surface area (TPSA) is 70.5 Å². The molecule has 0 unspecified atom stereocenters. The Labute approximate surface area is 130 Å². The summed E-state index contributed by atoms with van der Waals surface area (Å²) in [5.41, 5.74) is 0.533. The standard InChI is InChI=1S/C15H23N5O2/c1-12(21)20-8-5-16-14(22)15(20)3-6-19(7-4-15)11-13-9-17-18(2)10-13/h9-10H,3-8,11H2,1-2H3,(H,16,22). The van der Waals surface area contributed by atoms with Crippen LogP contribution >= 0.6 is 0 Å². The van der Waals surface area contributed by atoms with Gasteiger partial charge in [0, 0.05) is 58.5 Å². The predicted octanol–water partition coefficient (Wildman–Crippen LogP) is -0.267. The first-order chi connectivity index (χ1) is 10.5. The third-order valence-electron chi connectivity index (χ3n) is 4.79. The molecule has 0 aromatic carbocycles. The van der Waals surface area contributed by atoms with Crippen LogP contribution in [0.1, 0.15) is 25.3 Å². The molecule has 1 aromatic rings. The molecule has 0 bridgehead atoms. The minimum atomic E-state index is -0.643. The summed E-state index contributed by atoms with van der Waals surface area (Å²) in [5, 5.41) is 7.12. The molecule has 0 aliphatic carbocycles. The number of hydrogen-bond acceptors (Lipinski definition) is 4. The van der Waals surface area contributed by atoms with Gasteiger partial charge in [0.2, 0.25) is 11.8 Å². The number of piperidine rings is 1. The van der Waals surface area contributed by atoms with E-state index < -0.39 is 5.54 Å². The van der Waals surface area contributed by atoms with Crippen molar-refractivity contribution in [1.29, 1.82) is 0 Å². The average molecular weight is 305 g/mol. The molecule has 1 spiro atoms. The fourth-order valence-electron chi connectivity index (χ4n) is 3.63. The van der Waals surface area contributed by atoms with Gasteiger partial charge in [-0.3, -0.25) is 19.2 Å². The molecule has 7 nitrogen and oxygen atoms in total. The number of nitrogens with zero attached hydrogens (tertiary/aromatic N) is 4. The van der Waals surface area contributed by atoms with E-state index >= 15 is 0 Å². The lowest BCUT2D eigenvalue weighted by atomic mass is 9.83. The Balaban J connectivity index is 1.68.